The molecule has 0 saturated heterocycles. The van der Waals surface area contributed by atoms with Gasteiger partial charge < -0.3 is 10.5 Å². The van der Waals surface area contributed by atoms with E-state index in [9.17, 15) is 0 Å². The van der Waals surface area contributed by atoms with Crippen LogP contribution in [0, 0.1) is 11.8 Å². The van der Waals surface area contributed by atoms with Gasteiger partial charge in [0.15, 0.2) is 0 Å². The minimum atomic E-state index is 0.303. The monoisotopic (exact) mass is 171 g/mol. The van der Waals surface area contributed by atoms with E-state index in [1.807, 2.05) is 0 Å². The molecule has 0 amide bonds. The van der Waals surface area contributed by atoms with Gasteiger partial charge in [0, 0.05) is 13.7 Å². The highest BCUT2D eigenvalue weighted by atomic mass is 16.5. The lowest BCUT2D eigenvalue weighted by atomic mass is 9.80. The molecule has 72 valence electrons. The molecule has 0 radical (unpaired) electrons. The van der Waals surface area contributed by atoms with Gasteiger partial charge in [-0.2, -0.15) is 0 Å². The summed E-state index contributed by atoms with van der Waals surface area (Å²) in [7, 11) is 1.77. The van der Waals surface area contributed by atoms with E-state index in [0.717, 1.165) is 11.8 Å². The Morgan fingerprint density at radius 2 is 1.92 bits per heavy atom. The van der Waals surface area contributed by atoms with Gasteiger partial charge in [0.1, 0.15) is 0 Å². The van der Waals surface area contributed by atoms with Gasteiger partial charge in [-0.05, 0) is 24.7 Å². The van der Waals surface area contributed by atoms with Crippen molar-refractivity contribution in [3.63, 3.8) is 0 Å². The lowest BCUT2D eigenvalue weighted by molar-refractivity contribution is 0.0373. The van der Waals surface area contributed by atoms with Crippen LogP contribution in [0.4, 0.5) is 0 Å². The summed E-state index contributed by atoms with van der Waals surface area (Å²) in [6.45, 7) is 3.01. The van der Waals surface area contributed by atoms with E-state index in [1.165, 1.54) is 25.7 Å². The molecule has 0 aliphatic heterocycles. The molecule has 2 heteroatoms. The summed E-state index contributed by atoms with van der Waals surface area (Å²) in [5.41, 5.74) is 5.62. The molecule has 1 saturated carbocycles. The van der Waals surface area contributed by atoms with Crippen LogP contribution in [0.1, 0.15) is 32.6 Å². The molecule has 1 rings (SSSR count). The Bertz CT molecular complexity index is 115. The van der Waals surface area contributed by atoms with Gasteiger partial charge >= 0.3 is 0 Å². The first kappa shape index (κ1) is 10.0. The van der Waals surface area contributed by atoms with Crippen LogP contribution < -0.4 is 5.73 Å². The number of methoxy groups -OCH3 is 1. The number of nitrogens with two attached hydrogens (primary N) is 1. The molecule has 0 bridgehead atoms. The Labute approximate surface area is 75.5 Å². The zero-order valence-corrected chi connectivity index (χ0v) is 8.25. The number of ether oxygens (including phenoxy) is 1. The maximum atomic E-state index is 5.62. The third kappa shape index (κ3) is 2.46. The van der Waals surface area contributed by atoms with Gasteiger partial charge in [0.05, 0.1) is 6.10 Å². The van der Waals surface area contributed by atoms with Gasteiger partial charge in [0.2, 0.25) is 0 Å². The van der Waals surface area contributed by atoms with Crippen molar-refractivity contribution in [2.24, 2.45) is 17.6 Å². The predicted octanol–water partition coefficient (Wildman–Crippen LogP) is 1.79. The lowest BCUT2D eigenvalue weighted by Gasteiger charge is -2.31. The summed E-state index contributed by atoms with van der Waals surface area (Å²) in [4.78, 5) is 0. The molecule has 1 atom stereocenters. The van der Waals surface area contributed by atoms with Crippen molar-refractivity contribution in [3.05, 3.63) is 0 Å². The summed E-state index contributed by atoms with van der Waals surface area (Å²) >= 11 is 0. The molecule has 0 aromatic carbocycles. The average Bonchev–Trinajstić information content (AvgIpc) is 2.10. The predicted molar refractivity (Wildman–Crippen MR) is 51.0 cm³/mol. The number of hydrogen-bond acceptors (Lipinski definition) is 2. The van der Waals surface area contributed by atoms with Gasteiger partial charge in [-0.15, -0.1) is 0 Å². The molecule has 1 aliphatic rings. The Balaban J connectivity index is 2.32. The molecule has 1 aliphatic carbocycles. The first-order valence-electron chi connectivity index (χ1n) is 5.00. The topological polar surface area (TPSA) is 35.2 Å². The molecule has 0 aromatic rings. The van der Waals surface area contributed by atoms with Crippen molar-refractivity contribution in [3.8, 4) is 0 Å². The van der Waals surface area contributed by atoms with Crippen LogP contribution in [-0.2, 0) is 4.74 Å². The van der Waals surface area contributed by atoms with Gasteiger partial charge in [-0.1, -0.05) is 19.8 Å². The van der Waals surface area contributed by atoms with Crippen molar-refractivity contribution in [2.75, 3.05) is 13.7 Å². The first-order valence-corrected chi connectivity index (χ1v) is 5.00. The van der Waals surface area contributed by atoms with Gasteiger partial charge in [-0.3, -0.25) is 0 Å². The van der Waals surface area contributed by atoms with Crippen molar-refractivity contribution in [1.29, 1.82) is 0 Å². The summed E-state index contributed by atoms with van der Waals surface area (Å²) in [6, 6.07) is 0. The molecule has 0 heterocycles. The van der Waals surface area contributed by atoms with E-state index in [-0.39, 0.29) is 0 Å². The van der Waals surface area contributed by atoms with Crippen molar-refractivity contribution in [1.82, 2.24) is 0 Å². The van der Waals surface area contributed by atoms with Crippen LogP contribution in [0.15, 0.2) is 0 Å². The largest absolute Gasteiger partial charge is 0.380 e. The van der Waals surface area contributed by atoms with Crippen LogP contribution in [0.3, 0.4) is 0 Å². The second-order valence-corrected chi connectivity index (χ2v) is 4.03. The lowest BCUT2D eigenvalue weighted by Crippen LogP contribution is -2.33. The summed E-state index contributed by atoms with van der Waals surface area (Å²) in [5, 5.41) is 0. The summed E-state index contributed by atoms with van der Waals surface area (Å²) in [6.07, 6.45) is 5.61. The third-order valence-corrected chi connectivity index (χ3v) is 3.12. The Kier molecular flexibility index (Phi) is 4.02. The van der Waals surface area contributed by atoms with Gasteiger partial charge in [-0.25, -0.2) is 0 Å². The Morgan fingerprint density at radius 1 is 1.33 bits per heavy atom. The SMILES string of the molecule is COC(CN)C1CCC(C)CC1. The van der Waals surface area contributed by atoms with Crippen LogP contribution in [0.5, 0.6) is 0 Å². The van der Waals surface area contributed by atoms with Crippen LogP contribution in [0.25, 0.3) is 0 Å². The van der Waals surface area contributed by atoms with Crippen LogP contribution in [-0.4, -0.2) is 19.8 Å². The van der Waals surface area contributed by atoms with E-state index in [2.05, 4.69) is 6.92 Å². The molecular weight excluding hydrogens is 150 g/mol. The second-order valence-electron chi connectivity index (χ2n) is 4.03. The third-order valence-electron chi connectivity index (χ3n) is 3.12. The second kappa shape index (κ2) is 4.83. The first-order chi connectivity index (χ1) is 5.77. The highest BCUT2D eigenvalue weighted by Gasteiger charge is 2.24. The minimum absolute atomic E-state index is 0.303. The molecule has 1 unspecified atom stereocenters. The fourth-order valence-corrected chi connectivity index (χ4v) is 2.14. The molecule has 2 N–H and O–H groups in total. The van der Waals surface area contributed by atoms with E-state index < -0.39 is 0 Å². The molecule has 0 aromatic heterocycles. The fraction of sp³-hybridized carbons (Fsp3) is 1.00. The molecular formula is C10H21NO. The normalized spacial score (nSPS) is 33.2. The van der Waals surface area contributed by atoms with Crippen LogP contribution in [0.2, 0.25) is 0 Å². The van der Waals surface area contributed by atoms with Crippen molar-refractivity contribution < 1.29 is 4.74 Å². The Hall–Kier alpha value is -0.0800. The average molecular weight is 171 g/mol. The Morgan fingerprint density at radius 3 is 2.33 bits per heavy atom. The minimum Gasteiger partial charge on any atom is -0.380 e. The molecule has 2 nitrogen and oxygen atoms in total. The maximum absolute atomic E-state index is 5.62. The highest BCUT2D eigenvalue weighted by Crippen LogP contribution is 2.30. The summed E-state index contributed by atoms with van der Waals surface area (Å²) in [5.74, 6) is 1.63. The van der Waals surface area contributed by atoms with Crippen molar-refractivity contribution in [2.45, 2.75) is 38.7 Å². The number of hydrogen-bond donors (Lipinski definition) is 1. The fourth-order valence-electron chi connectivity index (χ4n) is 2.14. The van der Waals surface area contributed by atoms with E-state index >= 15 is 0 Å². The van der Waals surface area contributed by atoms with Crippen molar-refractivity contribution >= 4 is 0 Å². The van der Waals surface area contributed by atoms with E-state index in [0.29, 0.717) is 12.6 Å². The highest BCUT2D eigenvalue weighted by molar-refractivity contribution is 4.77. The maximum Gasteiger partial charge on any atom is 0.0721 e. The molecule has 12 heavy (non-hydrogen) atoms. The zero-order valence-electron chi connectivity index (χ0n) is 8.25. The van der Waals surface area contributed by atoms with Crippen LogP contribution >= 0.6 is 0 Å². The van der Waals surface area contributed by atoms with E-state index in [1.54, 1.807) is 7.11 Å². The summed E-state index contributed by atoms with van der Waals surface area (Å²) < 4.78 is 5.35. The molecule has 1 fully saturated rings. The zero-order chi connectivity index (χ0) is 8.97. The van der Waals surface area contributed by atoms with E-state index in [4.69, 9.17) is 10.5 Å². The quantitative estimate of drug-likeness (QED) is 0.702. The number of rotatable bonds is 3. The standard InChI is InChI=1S/C10H21NO/c1-8-3-5-9(6-4-8)10(7-11)12-2/h8-10H,3-7,11H2,1-2H3. The smallest absolute Gasteiger partial charge is 0.0721 e. The molecule has 0 spiro atoms. The van der Waals surface area contributed by atoms with Gasteiger partial charge in [0.25, 0.3) is 0 Å².